The van der Waals surface area contributed by atoms with E-state index < -0.39 is 41.9 Å². The van der Waals surface area contributed by atoms with Crippen molar-refractivity contribution in [3.8, 4) is 0 Å². The maximum Gasteiger partial charge on any atom is 0.492 e. The molecular formula is C20H28BF3N2O4. The number of amides is 1. The molecule has 10 heteroatoms. The van der Waals surface area contributed by atoms with Crippen molar-refractivity contribution in [3.63, 3.8) is 0 Å². The number of pyridine rings is 1. The van der Waals surface area contributed by atoms with Gasteiger partial charge >= 0.3 is 19.4 Å². The molecule has 1 aliphatic rings. The summed E-state index contributed by atoms with van der Waals surface area (Å²) in [5.74, 6) is 0. The van der Waals surface area contributed by atoms with Crippen LogP contribution in [0.2, 0.25) is 0 Å². The molecule has 1 aromatic rings. The van der Waals surface area contributed by atoms with E-state index in [9.17, 15) is 18.0 Å². The van der Waals surface area contributed by atoms with Crippen LogP contribution in [-0.4, -0.2) is 41.5 Å². The number of halogens is 3. The average Bonchev–Trinajstić information content (AvgIpc) is 2.77. The minimum absolute atomic E-state index is 0.0519. The number of nitrogens with one attached hydrogen (secondary N) is 1. The summed E-state index contributed by atoms with van der Waals surface area (Å²) in [5, 5.41) is 2.60. The highest BCUT2D eigenvalue weighted by Crippen LogP contribution is 2.38. The summed E-state index contributed by atoms with van der Waals surface area (Å²) < 4.78 is 56.3. The molecule has 0 bridgehead atoms. The molecule has 0 atom stereocenters. The van der Waals surface area contributed by atoms with Crippen LogP contribution in [0, 0.1) is 0 Å². The highest BCUT2D eigenvalue weighted by molar-refractivity contribution is 6.56. The van der Waals surface area contributed by atoms with E-state index in [0.29, 0.717) is 5.47 Å². The third-order valence-corrected chi connectivity index (χ3v) is 4.79. The lowest BCUT2D eigenvalue weighted by Gasteiger charge is -2.32. The van der Waals surface area contributed by atoms with Gasteiger partial charge in [0.15, 0.2) is 0 Å². The molecular weight excluding hydrogens is 400 g/mol. The summed E-state index contributed by atoms with van der Waals surface area (Å²) in [5.41, 5.74) is -2.55. The van der Waals surface area contributed by atoms with Gasteiger partial charge in [0.05, 0.1) is 16.9 Å². The van der Waals surface area contributed by atoms with Gasteiger partial charge in [0.1, 0.15) is 11.3 Å². The van der Waals surface area contributed by atoms with Crippen LogP contribution in [0.15, 0.2) is 23.7 Å². The number of ether oxygens (including phenoxy) is 1. The Balaban J connectivity index is 2.32. The van der Waals surface area contributed by atoms with Gasteiger partial charge < -0.3 is 19.4 Å². The van der Waals surface area contributed by atoms with Gasteiger partial charge in [-0.05, 0) is 72.1 Å². The van der Waals surface area contributed by atoms with E-state index in [-0.39, 0.29) is 12.2 Å². The lowest BCUT2D eigenvalue weighted by atomic mass is 9.77. The zero-order chi connectivity index (χ0) is 23.0. The predicted molar refractivity (Wildman–Crippen MR) is 108 cm³/mol. The van der Waals surface area contributed by atoms with Gasteiger partial charge in [-0.25, -0.2) is 9.78 Å². The van der Waals surface area contributed by atoms with Crippen LogP contribution in [0.4, 0.5) is 18.0 Å². The minimum atomic E-state index is -4.57. The molecule has 2 rings (SSSR count). The Kier molecular flexibility index (Phi) is 6.64. The highest BCUT2D eigenvalue weighted by atomic mass is 19.4. The number of carbonyl (C=O) groups is 1. The number of alkyl carbamates (subject to hydrolysis) is 1. The quantitative estimate of drug-likeness (QED) is 0.708. The second kappa shape index (κ2) is 8.22. The zero-order valence-electron chi connectivity index (χ0n) is 18.3. The van der Waals surface area contributed by atoms with E-state index in [1.165, 1.54) is 18.2 Å². The van der Waals surface area contributed by atoms with Gasteiger partial charge in [-0.15, -0.1) is 0 Å². The van der Waals surface area contributed by atoms with Crippen LogP contribution < -0.4 is 5.32 Å². The third-order valence-electron chi connectivity index (χ3n) is 4.79. The molecule has 1 amide bonds. The van der Waals surface area contributed by atoms with Crippen molar-refractivity contribution in [1.82, 2.24) is 10.3 Å². The predicted octanol–water partition coefficient (Wildman–Crippen LogP) is 4.64. The monoisotopic (exact) mass is 428 g/mol. The molecule has 0 aliphatic carbocycles. The van der Waals surface area contributed by atoms with E-state index in [0.717, 1.165) is 6.07 Å². The van der Waals surface area contributed by atoms with Gasteiger partial charge in [-0.1, -0.05) is 6.07 Å². The molecule has 166 valence electrons. The third kappa shape index (κ3) is 6.22. The summed E-state index contributed by atoms with van der Waals surface area (Å²) in [6.07, 6.45) is -3.81. The van der Waals surface area contributed by atoms with Crippen LogP contribution in [0.5, 0.6) is 0 Å². The first-order valence-electron chi connectivity index (χ1n) is 9.57. The Labute approximate surface area is 175 Å². The van der Waals surface area contributed by atoms with Crippen molar-refractivity contribution in [1.29, 1.82) is 0 Å². The molecule has 1 aliphatic heterocycles. The Hall–Kier alpha value is -2.07. The average molecular weight is 428 g/mol. The summed E-state index contributed by atoms with van der Waals surface area (Å²) in [4.78, 5) is 15.7. The summed E-state index contributed by atoms with van der Waals surface area (Å²) in [7, 11) is -0.874. The normalized spacial score (nSPS) is 19.0. The second-order valence-corrected chi connectivity index (χ2v) is 9.11. The van der Waals surface area contributed by atoms with Crippen LogP contribution in [-0.2, 0) is 20.2 Å². The Morgan fingerprint density at radius 2 is 1.73 bits per heavy atom. The molecule has 6 nitrogen and oxygen atoms in total. The molecule has 0 unspecified atom stereocenters. The van der Waals surface area contributed by atoms with Crippen molar-refractivity contribution in [2.75, 3.05) is 6.54 Å². The number of aromatic nitrogens is 1. The standard InChI is InChI=1S/C20H28BF3N2O4/c1-17(2,3)28-16(27)25-12-13(21-29-18(4,5)19(6,7)30-21)11-14-9-8-10-15(26-14)20(22,23)24/h8-11H,12H2,1-7H3,(H,25,27). The molecule has 1 N–H and O–H groups in total. The first-order chi connectivity index (χ1) is 13.5. The molecule has 1 aromatic heterocycles. The molecule has 0 spiro atoms. The van der Waals surface area contributed by atoms with E-state index in [2.05, 4.69) is 10.3 Å². The van der Waals surface area contributed by atoms with Gasteiger partial charge in [-0.2, -0.15) is 13.2 Å². The number of carbonyl (C=O) groups excluding carboxylic acids is 1. The van der Waals surface area contributed by atoms with Crippen LogP contribution in [0.25, 0.3) is 6.08 Å². The van der Waals surface area contributed by atoms with Crippen LogP contribution in [0.3, 0.4) is 0 Å². The summed E-state index contributed by atoms with van der Waals surface area (Å²) >= 11 is 0. The first-order valence-corrected chi connectivity index (χ1v) is 9.57. The molecule has 30 heavy (non-hydrogen) atoms. The van der Waals surface area contributed by atoms with Crippen molar-refractivity contribution in [2.45, 2.75) is 71.4 Å². The van der Waals surface area contributed by atoms with Crippen LogP contribution >= 0.6 is 0 Å². The summed E-state index contributed by atoms with van der Waals surface area (Å²) in [6, 6.07) is 3.60. The van der Waals surface area contributed by atoms with Gasteiger partial charge in [0.25, 0.3) is 0 Å². The molecule has 0 radical (unpaired) electrons. The van der Waals surface area contributed by atoms with Crippen molar-refractivity contribution in [2.24, 2.45) is 0 Å². The van der Waals surface area contributed by atoms with Gasteiger partial charge in [0.2, 0.25) is 0 Å². The highest BCUT2D eigenvalue weighted by Gasteiger charge is 2.52. The lowest BCUT2D eigenvalue weighted by Crippen LogP contribution is -2.41. The topological polar surface area (TPSA) is 69.7 Å². The number of rotatable bonds is 4. The van der Waals surface area contributed by atoms with Gasteiger partial charge in [0, 0.05) is 6.54 Å². The number of hydrogen-bond donors (Lipinski definition) is 1. The number of hydrogen-bond acceptors (Lipinski definition) is 5. The second-order valence-electron chi connectivity index (χ2n) is 9.11. The maximum atomic E-state index is 13.0. The van der Waals surface area contributed by atoms with Gasteiger partial charge in [-0.3, -0.25) is 0 Å². The first kappa shape index (κ1) is 24.2. The number of nitrogens with zero attached hydrogens (tertiary/aromatic N) is 1. The molecule has 1 fully saturated rings. The largest absolute Gasteiger partial charge is 0.492 e. The van der Waals surface area contributed by atoms with Crippen molar-refractivity contribution < 1.29 is 32.0 Å². The molecule has 2 heterocycles. The fourth-order valence-electron chi connectivity index (χ4n) is 2.56. The Morgan fingerprint density at radius 1 is 1.17 bits per heavy atom. The van der Waals surface area contributed by atoms with Crippen molar-refractivity contribution >= 4 is 19.3 Å². The fourth-order valence-corrected chi connectivity index (χ4v) is 2.56. The molecule has 1 saturated heterocycles. The molecule has 0 aromatic carbocycles. The Bertz CT molecular complexity index is 801. The SMILES string of the molecule is CC(C)(C)OC(=O)NCC(=Cc1cccc(C(F)(F)F)n1)B1OC(C)(C)C(C)(C)O1. The zero-order valence-corrected chi connectivity index (χ0v) is 18.3. The summed E-state index contributed by atoms with van der Waals surface area (Å²) in [6.45, 7) is 12.5. The molecule has 0 saturated carbocycles. The smallest absolute Gasteiger partial charge is 0.444 e. The van der Waals surface area contributed by atoms with E-state index in [4.69, 9.17) is 14.0 Å². The Morgan fingerprint density at radius 3 is 2.23 bits per heavy atom. The number of alkyl halides is 3. The van der Waals surface area contributed by atoms with E-state index in [1.807, 2.05) is 27.7 Å². The van der Waals surface area contributed by atoms with Crippen LogP contribution in [0.1, 0.15) is 59.9 Å². The fraction of sp³-hybridized carbons (Fsp3) is 0.600. The van der Waals surface area contributed by atoms with E-state index in [1.54, 1.807) is 20.8 Å². The maximum absolute atomic E-state index is 13.0. The van der Waals surface area contributed by atoms with Crippen molar-refractivity contribution in [3.05, 3.63) is 35.1 Å². The minimum Gasteiger partial charge on any atom is -0.444 e. The van der Waals surface area contributed by atoms with E-state index >= 15 is 0 Å². The lowest BCUT2D eigenvalue weighted by molar-refractivity contribution is -0.141.